The lowest BCUT2D eigenvalue weighted by Gasteiger charge is -2.11. The largest absolute Gasteiger partial charge is 0.350 e. The number of nitrogens with two attached hydrogens (primary N) is 1. The average Bonchev–Trinajstić information content (AvgIpc) is 2.11. The third kappa shape index (κ3) is 2.66. The van der Waals surface area contributed by atoms with Gasteiger partial charge in [-0.25, -0.2) is 9.97 Å². The molecule has 72 valence electrons. The average molecular weight is 180 g/mol. The van der Waals surface area contributed by atoms with Crippen LogP contribution in [0.25, 0.3) is 0 Å². The molecule has 0 saturated heterocycles. The monoisotopic (exact) mass is 180 g/mol. The van der Waals surface area contributed by atoms with Crippen LogP contribution in [0.4, 0.5) is 5.95 Å². The van der Waals surface area contributed by atoms with Gasteiger partial charge in [0.05, 0.1) is 0 Å². The molecule has 13 heavy (non-hydrogen) atoms. The minimum atomic E-state index is 0.210. The molecule has 1 heterocycles. The summed E-state index contributed by atoms with van der Waals surface area (Å²) in [5.74, 6) is 0.654. The predicted molar refractivity (Wildman–Crippen MR) is 53.6 cm³/mol. The second-order valence-corrected chi connectivity index (χ2v) is 3.24. The van der Waals surface area contributed by atoms with E-state index in [1.54, 1.807) is 0 Å². The normalized spacial score (nSPS) is 12.6. The van der Waals surface area contributed by atoms with Crippen molar-refractivity contribution in [2.45, 2.75) is 26.8 Å². The Labute approximate surface area is 78.6 Å². The van der Waals surface area contributed by atoms with Gasteiger partial charge in [0.2, 0.25) is 5.95 Å². The fraction of sp³-hybridized carbons (Fsp3) is 0.556. The van der Waals surface area contributed by atoms with Gasteiger partial charge in [-0.3, -0.25) is 0 Å². The van der Waals surface area contributed by atoms with E-state index in [0.29, 0.717) is 12.5 Å². The van der Waals surface area contributed by atoms with Crippen molar-refractivity contribution in [1.82, 2.24) is 9.97 Å². The molecule has 0 aromatic carbocycles. The molecule has 0 radical (unpaired) electrons. The second kappa shape index (κ2) is 4.18. The Bertz CT molecular complexity index is 285. The Hall–Kier alpha value is -1.16. The predicted octanol–water partition coefficient (Wildman–Crippen LogP) is 0.853. The number of hydrogen-bond acceptors (Lipinski definition) is 4. The molecule has 0 aliphatic heterocycles. The molecular weight excluding hydrogens is 164 g/mol. The van der Waals surface area contributed by atoms with Crippen LogP contribution in [0.2, 0.25) is 0 Å². The van der Waals surface area contributed by atoms with Crippen molar-refractivity contribution in [3.8, 4) is 0 Å². The maximum Gasteiger partial charge on any atom is 0.223 e. The summed E-state index contributed by atoms with van der Waals surface area (Å²) in [5, 5.41) is 3.11. The van der Waals surface area contributed by atoms with Crippen LogP contribution >= 0.6 is 0 Å². The van der Waals surface area contributed by atoms with Crippen molar-refractivity contribution in [3.63, 3.8) is 0 Å². The maximum absolute atomic E-state index is 5.47. The zero-order valence-corrected chi connectivity index (χ0v) is 8.33. The third-order valence-corrected chi connectivity index (χ3v) is 1.95. The lowest BCUT2D eigenvalue weighted by atomic mass is 10.3. The Kier molecular flexibility index (Phi) is 3.19. The summed E-state index contributed by atoms with van der Waals surface area (Å²) in [6, 6.07) is 0.210. The highest BCUT2D eigenvalue weighted by Crippen LogP contribution is 2.05. The summed E-state index contributed by atoms with van der Waals surface area (Å²) in [5.41, 5.74) is 7.57. The van der Waals surface area contributed by atoms with Gasteiger partial charge in [0.1, 0.15) is 0 Å². The molecule has 1 aromatic rings. The van der Waals surface area contributed by atoms with Crippen LogP contribution in [0.15, 0.2) is 6.20 Å². The quantitative estimate of drug-likeness (QED) is 0.724. The summed E-state index contributed by atoms with van der Waals surface area (Å²) >= 11 is 0. The van der Waals surface area contributed by atoms with Crippen molar-refractivity contribution < 1.29 is 0 Å². The first-order chi connectivity index (χ1) is 6.13. The van der Waals surface area contributed by atoms with Crippen LogP contribution in [-0.4, -0.2) is 22.6 Å². The molecule has 0 aliphatic carbocycles. The Morgan fingerprint density at radius 1 is 1.54 bits per heavy atom. The number of rotatable bonds is 3. The Morgan fingerprint density at radius 2 is 2.23 bits per heavy atom. The van der Waals surface area contributed by atoms with Gasteiger partial charge in [-0.1, -0.05) is 0 Å². The van der Waals surface area contributed by atoms with E-state index >= 15 is 0 Å². The highest BCUT2D eigenvalue weighted by molar-refractivity contribution is 5.29. The molecular formula is C9H16N4. The fourth-order valence-corrected chi connectivity index (χ4v) is 0.876. The van der Waals surface area contributed by atoms with Gasteiger partial charge >= 0.3 is 0 Å². The Balaban J connectivity index is 2.73. The third-order valence-electron chi connectivity index (χ3n) is 1.95. The molecule has 3 N–H and O–H groups in total. The zero-order chi connectivity index (χ0) is 9.84. The minimum Gasteiger partial charge on any atom is -0.350 e. The molecule has 4 nitrogen and oxygen atoms in total. The number of anilines is 1. The van der Waals surface area contributed by atoms with E-state index in [-0.39, 0.29) is 6.04 Å². The van der Waals surface area contributed by atoms with Crippen LogP contribution in [0.5, 0.6) is 0 Å². The molecule has 1 aromatic heterocycles. The lowest BCUT2D eigenvalue weighted by Crippen LogP contribution is -2.26. The van der Waals surface area contributed by atoms with Gasteiger partial charge in [0, 0.05) is 24.5 Å². The van der Waals surface area contributed by atoms with Crippen LogP contribution < -0.4 is 11.1 Å². The van der Waals surface area contributed by atoms with Gasteiger partial charge < -0.3 is 11.1 Å². The molecule has 0 spiro atoms. The first-order valence-corrected chi connectivity index (χ1v) is 4.40. The maximum atomic E-state index is 5.47. The number of aromatic nitrogens is 2. The molecule has 0 amide bonds. The van der Waals surface area contributed by atoms with Crippen molar-refractivity contribution in [1.29, 1.82) is 0 Å². The summed E-state index contributed by atoms with van der Waals surface area (Å²) in [6.07, 6.45) is 1.81. The summed E-state index contributed by atoms with van der Waals surface area (Å²) < 4.78 is 0. The van der Waals surface area contributed by atoms with Crippen LogP contribution in [0.3, 0.4) is 0 Å². The van der Waals surface area contributed by atoms with E-state index in [4.69, 9.17) is 5.73 Å². The first kappa shape index (κ1) is 9.92. The van der Waals surface area contributed by atoms with Gasteiger partial charge in [-0.2, -0.15) is 0 Å². The van der Waals surface area contributed by atoms with Crippen LogP contribution in [0.1, 0.15) is 18.2 Å². The number of aryl methyl sites for hydroxylation is 2. The molecule has 0 bridgehead atoms. The molecule has 1 rings (SSSR count). The topological polar surface area (TPSA) is 63.8 Å². The minimum absolute atomic E-state index is 0.210. The standard InChI is InChI=1S/C9H16N4/c1-6-5-11-9(13-8(6)3)12-7(2)4-10/h5,7H,4,10H2,1-3H3,(H,11,12,13). The molecule has 1 unspecified atom stereocenters. The van der Waals surface area contributed by atoms with Crippen molar-refractivity contribution in [2.24, 2.45) is 5.73 Å². The van der Waals surface area contributed by atoms with Crippen molar-refractivity contribution in [2.75, 3.05) is 11.9 Å². The highest BCUT2D eigenvalue weighted by Gasteiger charge is 2.02. The van der Waals surface area contributed by atoms with Gasteiger partial charge in [-0.15, -0.1) is 0 Å². The van der Waals surface area contributed by atoms with Crippen LogP contribution in [-0.2, 0) is 0 Å². The fourth-order valence-electron chi connectivity index (χ4n) is 0.876. The number of hydrogen-bond donors (Lipinski definition) is 2. The summed E-state index contributed by atoms with van der Waals surface area (Å²) in [4.78, 5) is 8.43. The number of nitrogens with zero attached hydrogens (tertiary/aromatic N) is 2. The lowest BCUT2D eigenvalue weighted by molar-refractivity contribution is 0.788. The van der Waals surface area contributed by atoms with Gasteiger partial charge in [0.25, 0.3) is 0 Å². The van der Waals surface area contributed by atoms with E-state index in [1.807, 2.05) is 27.0 Å². The molecule has 0 aliphatic rings. The zero-order valence-electron chi connectivity index (χ0n) is 8.33. The second-order valence-electron chi connectivity index (χ2n) is 3.24. The summed E-state index contributed by atoms with van der Waals surface area (Å²) in [7, 11) is 0. The van der Waals surface area contributed by atoms with Crippen LogP contribution in [0, 0.1) is 13.8 Å². The highest BCUT2D eigenvalue weighted by atomic mass is 15.1. The van der Waals surface area contributed by atoms with Gasteiger partial charge in [-0.05, 0) is 26.3 Å². The van der Waals surface area contributed by atoms with E-state index in [0.717, 1.165) is 11.3 Å². The first-order valence-electron chi connectivity index (χ1n) is 4.40. The van der Waals surface area contributed by atoms with Crippen molar-refractivity contribution >= 4 is 5.95 Å². The van der Waals surface area contributed by atoms with Gasteiger partial charge in [0.15, 0.2) is 0 Å². The van der Waals surface area contributed by atoms with Crippen molar-refractivity contribution in [3.05, 3.63) is 17.5 Å². The van der Waals surface area contributed by atoms with E-state index in [2.05, 4.69) is 15.3 Å². The number of nitrogens with one attached hydrogen (secondary N) is 1. The molecule has 1 atom stereocenters. The van der Waals surface area contributed by atoms with E-state index in [9.17, 15) is 0 Å². The van der Waals surface area contributed by atoms with E-state index < -0.39 is 0 Å². The molecule has 0 fully saturated rings. The Morgan fingerprint density at radius 3 is 2.77 bits per heavy atom. The van der Waals surface area contributed by atoms with E-state index in [1.165, 1.54) is 0 Å². The molecule has 4 heteroatoms. The smallest absolute Gasteiger partial charge is 0.223 e. The SMILES string of the molecule is Cc1cnc(NC(C)CN)nc1C. The molecule has 0 saturated carbocycles. The summed E-state index contributed by atoms with van der Waals surface area (Å²) in [6.45, 7) is 6.54.